The highest BCUT2D eigenvalue weighted by Crippen LogP contribution is 2.12. The van der Waals surface area contributed by atoms with Gasteiger partial charge >= 0.3 is 0 Å². The lowest BCUT2D eigenvalue weighted by molar-refractivity contribution is -0.159. The van der Waals surface area contributed by atoms with Crippen LogP contribution in [0.2, 0.25) is 0 Å². The smallest absolute Gasteiger partial charge is 0.0945 e. The first-order valence-corrected chi connectivity index (χ1v) is 5.60. The van der Waals surface area contributed by atoms with Crippen LogP contribution in [-0.2, 0) is 4.84 Å². The molecule has 88 valence electrons. The Morgan fingerprint density at radius 2 is 2.00 bits per heavy atom. The van der Waals surface area contributed by atoms with Gasteiger partial charge in [0.25, 0.3) is 0 Å². The fraction of sp³-hybridized carbons (Fsp3) is 0.500. The van der Waals surface area contributed by atoms with E-state index in [0.717, 1.165) is 25.3 Å². The predicted octanol–water partition coefficient (Wildman–Crippen LogP) is 1.23. The molecule has 16 heavy (non-hydrogen) atoms. The molecule has 1 aromatic carbocycles. The summed E-state index contributed by atoms with van der Waals surface area (Å²) in [6.45, 7) is 2.85. The molecule has 2 rings (SSSR count). The minimum absolute atomic E-state index is 0.302. The highest BCUT2D eigenvalue weighted by Gasteiger charge is 2.23. The molecule has 0 aromatic heterocycles. The van der Waals surface area contributed by atoms with Crippen LogP contribution in [-0.4, -0.2) is 49.9 Å². The van der Waals surface area contributed by atoms with E-state index in [9.17, 15) is 0 Å². The second-order valence-corrected chi connectivity index (χ2v) is 4.08. The number of anilines is 1. The summed E-state index contributed by atoms with van der Waals surface area (Å²) in [4.78, 5) is 7.58. The van der Waals surface area contributed by atoms with Crippen LogP contribution in [0.3, 0.4) is 0 Å². The van der Waals surface area contributed by atoms with Crippen LogP contribution in [0.4, 0.5) is 5.69 Å². The third-order valence-electron chi connectivity index (χ3n) is 2.98. The highest BCUT2D eigenvalue weighted by molar-refractivity contribution is 5.43. The van der Waals surface area contributed by atoms with E-state index in [1.165, 1.54) is 0 Å². The molecule has 1 aliphatic rings. The molecule has 1 N–H and O–H groups in total. The maximum atomic E-state index is 5.27. The minimum Gasteiger partial charge on any atom is -0.368 e. The van der Waals surface area contributed by atoms with Gasteiger partial charge in [0.1, 0.15) is 0 Å². The molecule has 1 aliphatic heterocycles. The number of hydroxylamine groups is 2. The van der Waals surface area contributed by atoms with E-state index >= 15 is 0 Å². The van der Waals surface area contributed by atoms with Gasteiger partial charge in [-0.3, -0.25) is 4.90 Å². The lowest BCUT2D eigenvalue weighted by Crippen LogP contribution is -2.54. The van der Waals surface area contributed by atoms with Crippen molar-refractivity contribution in [3.63, 3.8) is 0 Å². The van der Waals surface area contributed by atoms with Crippen molar-refractivity contribution in [1.82, 2.24) is 9.96 Å². The van der Waals surface area contributed by atoms with Crippen LogP contribution in [0, 0.1) is 0 Å². The molecular formula is C12H19N3O. The van der Waals surface area contributed by atoms with Gasteiger partial charge in [0, 0.05) is 18.8 Å². The quantitative estimate of drug-likeness (QED) is 0.831. The van der Waals surface area contributed by atoms with Crippen LogP contribution >= 0.6 is 0 Å². The number of rotatable bonds is 3. The molecule has 1 atom stereocenters. The summed E-state index contributed by atoms with van der Waals surface area (Å²) in [7, 11) is 3.86. The number of piperazine rings is 1. The third-order valence-corrected chi connectivity index (χ3v) is 2.98. The van der Waals surface area contributed by atoms with E-state index in [1.807, 2.05) is 23.3 Å². The van der Waals surface area contributed by atoms with E-state index < -0.39 is 0 Å². The van der Waals surface area contributed by atoms with Crippen molar-refractivity contribution >= 4 is 5.69 Å². The second kappa shape index (κ2) is 5.30. The predicted molar refractivity (Wildman–Crippen MR) is 65.1 cm³/mol. The van der Waals surface area contributed by atoms with Crippen LogP contribution in [0.5, 0.6) is 0 Å². The molecule has 0 saturated carbocycles. The summed E-state index contributed by atoms with van der Waals surface area (Å²) in [5, 5.41) is 5.49. The number of nitrogens with one attached hydrogen (secondary N) is 1. The molecule has 1 unspecified atom stereocenters. The summed E-state index contributed by atoms with van der Waals surface area (Å²) in [5.74, 6) is 0. The zero-order valence-corrected chi connectivity index (χ0v) is 9.89. The molecule has 1 saturated heterocycles. The van der Waals surface area contributed by atoms with Crippen LogP contribution in [0.1, 0.15) is 0 Å². The van der Waals surface area contributed by atoms with E-state index in [-0.39, 0.29) is 0 Å². The molecule has 0 radical (unpaired) electrons. The van der Waals surface area contributed by atoms with Gasteiger partial charge in [-0.25, -0.2) is 0 Å². The van der Waals surface area contributed by atoms with Gasteiger partial charge in [-0.05, 0) is 19.2 Å². The fourth-order valence-corrected chi connectivity index (χ4v) is 1.90. The summed E-state index contributed by atoms with van der Waals surface area (Å²) >= 11 is 0. The Kier molecular flexibility index (Phi) is 3.77. The Hall–Kier alpha value is -1.10. The van der Waals surface area contributed by atoms with Gasteiger partial charge in [0.05, 0.1) is 19.8 Å². The zero-order valence-electron chi connectivity index (χ0n) is 9.89. The summed E-state index contributed by atoms with van der Waals surface area (Å²) < 4.78 is 0. The molecular weight excluding hydrogens is 202 g/mol. The lowest BCUT2D eigenvalue weighted by Gasteiger charge is -2.38. The fourth-order valence-electron chi connectivity index (χ4n) is 1.90. The second-order valence-electron chi connectivity index (χ2n) is 4.08. The Labute approximate surface area is 96.8 Å². The number of para-hydroxylation sites is 1. The Morgan fingerprint density at radius 3 is 2.69 bits per heavy atom. The average Bonchev–Trinajstić information content (AvgIpc) is 2.33. The number of nitrogens with zero attached hydrogens (tertiary/aromatic N) is 2. The van der Waals surface area contributed by atoms with Gasteiger partial charge in [-0.1, -0.05) is 18.2 Å². The van der Waals surface area contributed by atoms with Crippen LogP contribution in [0.15, 0.2) is 30.3 Å². The number of likely N-dealkylation sites (N-methyl/N-ethyl adjacent to an activating group) is 1. The van der Waals surface area contributed by atoms with Gasteiger partial charge in [-0.15, -0.1) is 0 Å². The summed E-state index contributed by atoms with van der Waals surface area (Å²) in [5.41, 5.74) is 1.15. The average molecular weight is 221 g/mol. The van der Waals surface area contributed by atoms with E-state index in [0.29, 0.717) is 6.17 Å². The SMILES string of the molecule is CON1CCN(C)C(Nc2ccccc2)C1. The van der Waals surface area contributed by atoms with Gasteiger partial charge in [0.15, 0.2) is 0 Å². The minimum atomic E-state index is 0.302. The van der Waals surface area contributed by atoms with Gasteiger partial charge in [-0.2, -0.15) is 5.06 Å². The Morgan fingerprint density at radius 1 is 1.25 bits per heavy atom. The van der Waals surface area contributed by atoms with Crippen LogP contribution in [0.25, 0.3) is 0 Å². The highest BCUT2D eigenvalue weighted by atomic mass is 16.7. The van der Waals surface area contributed by atoms with Crippen molar-refractivity contribution in [2.75, 3.05) is 39.1 Å². The van der Waals surface area contributed by atoms with Crippen molar-refractivity contribution in [3.8, 4) is 0 Å². The monoisotopic (exact) mass is 221 g/mol. The molecule has 4 nitrogen and oxygen atoms in total. The van der Waals surface area contributed by atoms with E-state index in [2.05, 4.69) is 29.4 Å². The largest absolute Gasteiger partial charge is 0.368 e. The molecule has 4 heteroatoms. The van der Waals surface area contributed by atoms with Crippen molar-refractivity contribution in [2.24, 2.45) is 0 Å². The Balaban J connectivity index is 1.97. The molecule has 1 heterocycles. The number of hydrogen-bond acceptors (Lipinski definition) is 4. The maximum Gasteiger partial charge on any atom is 0.0945 e. The Bertz CT molecular complexity index is 317. The molecule has 0 spiro atoms. The van der Waals surface area contributed by atoms with Crippen molar-refractivity contribution in [2.45, 2.75) is 6.17 Å². The summed E-state index contributed by atoms with van der Waals surface area (Å²) in [6, 6.07) is 10.3. The third kappa shape index (κ3) is 2.72. The van der Waals surface area contributed by atoms with Crippen LogP contribution < -0.4 is 5.32 Å². The molecule has 0 amide bonds. The number of benzene rings is 1. The van der Waals surface area contributed by atoms with Crippen molar-refractivity contribution in [3.05, 3.63) is 30.3 Å². The first-order valence-electron chi connectivity index (χ1n) is 5.60. The molecule has 0 aliphatic carbocycles. The lowest BCUT2D eigenvalue weighted by atomic mass is 10.2. The number of hydrogen-bond donors (Lipinski definition) is 1. The first kappa shape index (κ1) is 11.4. The molecule has 0 bridgehead atoms. The van der Waals surface area contributed by atoms with Gasteiger partial charge in [0.2, 0.25) is 0 Å². The molecule has 1 aromatic rings. The standard InChI is InChI=1S/C12H19N3O/c1-14-8-9-15(16-2)10-12(14)13-11-6-4-3-5-7-11/h3-7,12-13H,8-10H2,1-2H3. The topological polar surface area (TPSA) is 27.7 Å². The molecule has 1 fully saturated rings. The van der Waals surface area contributed by atoms with Gasteiger partial charge < -0.3 is 10.2 Å². The first-order chi connectivity index (χ1) is 7.79. The van der Waals surface area contributed by atoms with Crippen molar-refractivity contribution < 1.29 is 4.84 Å². The zero-order chi connectivity index (χ0) is 11.4. The van der Waals surface area contributed by atoms with E-state index in [1.54, 1.807) is 7.11 Å². The summed E-state index contributed by atoms with van der Waals surface area (Å²) in [6.07, 6.45) is 0.302. The normalized spacial score (nSPS) is 23.2. The van der Waals surface area contributed by atoms with Crippen molar-refractivity contribution in [1.29, 1.82) is 0 Å². The van der Waals surface area contributed by atoms with E-state index in [4.69, 9.17) is 4.84 Å². The maximum absolute atomic E-state index is 5.27.